The molecule has 5 nitrogen and oxygen atoms in total. The van der Waals surface area contributed by atoms with Gasteiger partial charge in [0.1, 0.15) is 23.0 Å². The average Bonchev–Trinajstić information content (AvgIpc) is 3.16. The molecule has 2 N–H and O–H groups in total. The van der Waals surface area contributed by atoms with Crippen molar-refractivity contribution >= 4 is 28.7 Å². The quantitative estimate of drug-likeness (QED) is 0.265. The van der Waals surface area contributed by atoms with Crippen LogP contribution >= 0.6 is 0 Å². The lowest BCUT2D eigenvalue weighted by molar-refractivity contribution is 0.0960. The molecule has 0 saturated heterocycles. The Morgan fingerprint density at radius 2 is 1.23 bits per heavy atom. The Labute approximate surface area is 176 Å². The van der Waals surface area contributed by atoms with Crippen LogP contribution in [-0.2, 0) is 0 Å². The number of carbonyl (C=O) groups is 3. The van der Waals surface area contributed by atoms with Gasteiger partial charge in [0.15, 0.2) is 5.78 Å². The number of halogens is 2. The predicted octanol–water partition coefficient (Wildman–Crippen LogP) is 4.98. The molecule has 0 bridgehead atoms. The first-order valence-corrected chi connectivity index (χ1v) is 9.37. The Morgan fingerprint density at radius 3 is 1.81 bits per heavy atom. The molecule has 0 aliphatic carbocycles. The van der Waals surface area contributed by atoms with Gasteiger partial charge in [-0.25, -0.2) is 8.78 Å². The van der Waals surface area contributed by atoms with Gasteiger partial charge in [-0.05, 0) is 37.3 Å². The van der Waals surface area contributed by atoms with Crippen molar-refractivity contribution in [1.29, 1.82) is 0 Å². The third kappa shape index (κ3) is 3.98. The third-order valence-electron chi connectivity index (χ3n) is 4.81. The topological polar surface area (TPSA) is 75.3 Å². The van der Waals surface area contributed by atoms with Crippen LogP contribution in [0.15, 0.2) is 78.1 Å². The average molecular weight is 418 g/mol. The van der Waals surface area contributed by atoms with E-state index < -0.39 is 23.2 Å². The van der Waals surface area contributed by atoms with Crippen molar-refractivity contribution in [3.63, 3.8) is 0 Å². The highest BCUT2D eigenvalue weighted by Crippen LogP contribution is 2.32. The molecular formula is C24H16F2N2O3. The van der Waals surface area contributed by atoms with Gasteiger partial charge in [-0.2, -0.15) is 0 Å². The molecule has 0 radical (unpaired) electrons. The van der Waals surface area contributed by atoms with Crippen LogP contribution in [0.3, 0.4) is 0 Å². The second-order valence-electron chi connectivity index (χ2n) is 7.00. The first kappa shape index (κ1) is 20.2. The van der Waals surface area contributed by atoms with Crippen molar-refractivity contribution in [3.05, 3.63) is 106 Å². The summed E-state index contributed by atoms with van der Waals surface area (Å²) in [5, 5.41) is 5.95. The van der Waals surface area contributed by atoms with Crippen LogP contribution in [-0.4, -0.2) is 17.3 Å². The molecule has 0 amide bonds. The molecule has 0 saturated carbocycles. The van der Waals surface area contributed by atoms with E-state index in [4.69, 9.17) is 0 Å². The minimum absolute atomic E-state index is 0.0918. The van der Waals surface area contributed by atoms with Crippen molar-refractivity contribution < 1.29 is 23.2 Å². The van der Waals surface area contributed by atoms with Gasteiger partial charge in [-0.1, -0.05) is 30.3 Å². The molecule has 0 unspecified atom stereocenters. The number of rotatable bonds is 5. The fraction of sp³-hybridized carbons (Fsp3) is 0.0417. The van der Waals surface area contributed by atoms with Crippen molar-refractivity contribution in [2.75, 3.05) is 10.6 Å². The van der Waals surface area contributed by atoms with Crippen LogP contribution in [0, 0.1) is 11.6 Å². The number of fused-ring (bicyclic) bond motifs is 1. The molecule has 154 valence electrons. The summed E-state index contributed by atoms with van der Waals surface area (Å²) in [6, 6.07) is 15.4. The lowest BCUT2D eigenvalue weighted by atomic mass is 9.94. The summed E-state index contributed by atoms with van der Waals surface area (Å²) in [6.07, 6.45) is 0. The van der Waals surface area contributed by atoms with E-state index in [1.54, 1.807) is 30.3 Å². The van der Waals surface area contributed by atoms with Crippen LogP contribution in [0.25, 0.3) is 0 Å². The second-order valence-corrected chi connectivity index (χ2v) is 7.00. The Kier molecular flexibility index (Phi) is 5.17. The van der Waals surface area contributed by atoms with E-state index in [1.807, 2.05) is 0 Å². The molecule has 3 aromatic carbocycles. The van der Waals surface area contributed by atoms with E-state index in [9.17, 15) is 23.2 Å². The maximum atomic E-state index is 13.7. The number of nitrogens with one attached hydrogen (secondary N) is 2. The van der Waals surface area contributed by atoms with Gasteiger partial charge in [0.2, 0.25) is 11.6 Å². The zero-order chi connectivity index (χ0) is 22.1. The molecule has 1 aliphatic heterocycles. The monoisotopic (exact) mass is 418 g/mol. The molecule has 0 aromatic heterocycles. The zero-order valence-corrected chi connectivity index (χ0v) is 16.3. The Bertz CT molecular complexity index is 1230. The summed E-state index contributed by atoms with van der Waals surface area (Å²) < 4.78 is 27.5. The second kappa shape index (κ2) is 7.95. The van der Waals surface area contributed by atoms with Crippen molar-refractivity contribution in [1.82, 2.24) is 0 Å². The lowest BCUT2D eigenvalue weighted by Crippen LogP contribution is -2.21. The van der Waals surface area contributed by atoms with Gasteiger partial charge in [0, 0.05) is 22.8 Å². The zero-order valence-electron chi connectivity index (χ0n) is 16.3. The number of Topliss-reactive ketones (excluding diaryl/α,β-unsaturated/α-hetero) is 3. The number of para-hydroxylation sites is 2. The van der Waals surface area contributed by atoms with Gasteiger partial charge in [-0.3, -0.25) is 14.4 Å². The molecule has 31 heavy (non-hydrogen) atoms. The maximum absolute atomic E-state index is 13.7. The van der Waals surface area contributed by atoms with Crippen molar-refractivity contribution in [2.45, 2.75) is 6.92 Å². The van der Waals surface area contributed by atoms with Gasteiger partial charge < -0.3 is 10.6 Å². The summed E-state index contributed by atoms with van der Waals surface area (Å²) >= 11 is 0. The normalized spacial score (nSPS) is 11.9. The van der Waals surface area contributed by atoms with Crippen LogP contribution in [0.2, 0.25) is 0 Å². The molecule has 3 aromatic rings. The first-order valence-electron chi connectivity index (χ1n) is 9.37. The molecule has 7 heteroatoms. The smallest absolute Gasteiger partial charge is 0.200 e. The predicted molar refractivity (Wildman–Crippen MR) is 112 cm³/mol. The van der Waals surface area contributed by atoms with Crippen LogP contribution in [0.4, 0.5) is 20.2 Å². The minimum atomic E-state index is -0.936. The van der Waals surface area contributed by atoms with Crippen LogP contribution in [0.5, 0.6) is 0 Å². The fourth-order valence-corrected chi connectivity index (χ4v) is 3.31. The van der Waals surface area contributed by atoms with Gasteiger partial charge >= 0.3 is 0 Å². The number of hydrogen-bond acceptors (Lipinski definition) is 5. The van der Waals surface area contributed by atoms with Crippen LogP contribution < -0.4 is 10.6 Å². The number of anilines is 2. The number of ketones is 3. The summed E-state index contributed by atoms with van der Waals surface area (Å²) in [6.45, 7) is 1.36. The lowest BCUT2D eigenvalue weighted by Gasteiger charge is -2.12. The van der Waals surface area contributed by atoms with E-state index in [-0.39, 0.29) is 28.3 Å². The van der Waals surface area contributed by atoms with Crippen molar-refractivity contribution in [2.24, 2.45) is 0 Å². The van der Waals surface area contributed by atoms with E-state index in [2.05, 4.69) is 10.6 Å². The molecule has 0 fully saturated rings. The molecule has 0 atom stereocenters. The van der Waals surface area contributed by atoms with E-state index in [1.165, 1.54) is 25.1 Å². The highest BCUT2D eigenvalue weighted by atomic mass is 19.1. The number of allylic oxidation sites excluding steroid dienone is 1. The fourth-order valence-electron chi connectivity index (χ4n) is 3.31. The van der Waals surface area contributed by atoms with Gasteiger partial charge in [0.25, 0.3) is 0 Å². The number of carbonyl (C=O) groups excluding carboxylic acids is 3. The maximum Gasteiger partial charge on any atom is 0.200 e. The third-order valence-corrected chi connectivity index (χ3v) is 4.81. The Hall–Kier alpha value is -4.13. The Morgan fingerprint density at radius 1 is 0.677 bits per heavy atom. The molecule has 1 heterocycles. The Balaban J connectivity index is 1.85. The van der Waals surface area contributed by atoms with E-state index in [0.717, 1.165) is 12.1 Å². The number of hydrogen-bond donors (Lipinski definition) is 2. The summed E-state index contributed by atoms with van der Waals surface area (Å²) in [5.74, 6) is -3.58. The van der Waals surface area contributed by atoms with Crippen LogP contribution in [0.1, 0.15) is 38.0 Å². The van der Waals surface area contributed by atoms with Gasteiger partial charge in [0.05, 0.1) is 11.4 Å². The summed E-state index contributed by atoms with van der Waals surface area (Å²) in [4.78, 5) is 38.4. The summed E-state index contributed by atoms with van der Waals surface area (Å²) in [5.41, 5.74) is 1.03. The largest absolute Gasteiger partial charge is 0.339 e. The molecular weight excluding hydrogens is 402 g/mol. The van der Waals surface area contributed by atoms with Crippen molar-refractivity contribution in [3.8, 4) is 0 Å². The first-order chi connectivity index (χ1) is 14.8. The standard InChI is InChI=1S/C24H16F2N2O3/c1-13(29)14-5-4-6-15(9-14)22(30)21(23(31)16-10-17(25)12-18(26)11-16)24-27-19-7-2-3-8-20(19)28-24/h2-12,27-28H,1H3. The SMILES string of the molecule is CC(=O)c1cccc(C(=O)C(C(=O)c2cc(F)cc(F)c2)=C2Nc3ccccc3N2)c1. The molecule has 0 spiro atoms. The highest BCUT2D eigenvalue weighted by molar-refractivity contribution is 6.32. The minimum Gasteiger partial charge on any atom is -0.339 e. The molecule has 4 rings (SSSR count). The van der Waals surface area contributed by atoms with E-state index in [0.29, 0.717) is 23.0 Å². The van der Waals surface area contributed by atoms with E-state index >= 15 is 0 Å². The number of benzene rings is 3. The molecule has 1 aliphatic rings. The highest BCUT2D eigenvalue weighted by Gasteiger charge is 2.29. The summed E-state index contributed by atoms with van der Waals surface area (Å²) in [7, 11) is 0. The van der Waals surface area contributed by atoms with Gasteiger partial charge in [-0.15, -0.1) is 0 Å².